The molecule has 0 aromatic rings. The van der Waals surface area contributed by atoms with Crippen LogP contribution in [0.4, 0.5) is 0 Å². The van der Waals surface area contributed by atoms with Crippen LogP contribution < -0.4 is 0 Å². The van der Waals surface area contributed by atoms with Gasteiger partial charge in [-0.1, -0.05) is 287 Å². The molecule has 0 saturated carbocycles. The summed E-state index contributed by atoms with van der Waals surface area (Å²) in [5.41, 5.74) is 0. The number of hydrogen-bond acceptors (Lipinski definition) is 15. The largest absolute Gasteiger partial charge is 0.472 e. The van der Waals surface area contributed by atoms with E-state index in [0.717, 1.165) is 161 Å². The Kier molecular flexibility index (Phi) is 69.3. The Hall–Kier alpha value is -3.50. The Bertz CT molecular complexity index is 2140. The van der Waals surface area contributed by atoms with Crippen LogP contribution in [0.15, 0.2) is 72.9 Å². The topological polar surface area (TPSA) is 237 Å². The van der Waals surface area contributed by atoms with Crippen molar-refractivity contribution >= 4 is 39.5 Å². The first-order valence-corrected chi connectivity index (χ1v) is 42.2. The van der Waals surface area contributed by atoms with Gasteiger partial charge < -0.3 is 33.8 Å². The minimum absolute atomic E-state index is 0.0837. The molecule has 0 aliphatic heterocycles. The summed E-state index contributed by atoms with van der Waals surface area (Å²) < 4.78 is 68.5. The maximum atomic E-state index is 13.1. The lowest BCUT2D eigenvalue weighted by Crippen LogP contribution is -2.30. The highest BCUT2D eigenvalue weighted by Crippen LogP contribution is 2.45. The molecular weight excluding hydrogens is 1280 g/mol. The van der Waals surface area contributed by atoms with E-state index in [-0.39, 0.29) is 25.7 Å². The van der Waals surface area contributed by atoms with Gasteiger partial charge in [-0.15, -0.1) is 0 Å². The first-order valence-electron chi connectivity index (χ1n) is 39.2. The maximum absolute atomic E-state index is 13.1. The van der Waals surface area contributed by atoms with Crippen LogP contribution in [-0.2, 0) is 65.4 Å². The fourth-order valence-electron chi connectivity index (χ4n) is 10.7. The number of carbonyl (C=O) groups excluding carboxylic acids is 4. The molecule has 0 aromatic carbocycles. The number of unbranched alkanes of at least 4 members (excludes halogenated alkanes) is 36. The number of esters is 4. The second kappa shape index (κ2) is 71.9. The number of aliphatic hydroxyl groups is 1. The Morgan fingerprint density at radius 3 is 0.867 bits per heavy atom. The van der Waals surface area contributed by atoms with E-state index >= 15 is 0 Å². The molecule has 0 fully saturated rings. The van der Waals surface area contributed by atoms with Crippen molar-refractivity contribution in [3.8, 4) is 0 Å². The van der Waals surface area contributed by atoms with Gasteiger partial charge in [0.1, 0.15) is 19.3 Å². The molecular formula is C79H142O17P2. The van der Waals surface area contributed by atoms with E-state index in [1.54, 1.807) is 0 Å². The molecule has 0 aromatic heterocycles. The van der Waals surface area contributed by atoms with Gasteiger partial charge in [0.15, 0.2) is 12.2 Å². The van der Waals surface area contributed by atoms with Crippen molar-refractivity contribution < 1.29 is 80.2 Å². The summed E-state index contributed by atoms with van der Waals surface area (Å²) in [4.78, 5) is 72.8. The summed E-state index contributed by atoms with van der Waals surface area (Å²) in [5, 5.41) is 10.6. The van der Waals surface area contributed by atoms with Gasteiger partial charge in [0.05, 0.1) is 26.4 Å². The first-order chi connectivity index (χ1) is 47.7. The van der Waals surface area contributed by atoms with Crippen LogP contribution >= 0.6 is 15.6 Å². The van der Waals surface area contributed by atoms with Crippen molar-refractivity contribution in [2.24, 2.45) is 0 Å². The zero-order chi connectivity index (χ0) is 71.8. The van der Waals surface area contributed by atoms with E-state index in [2.05, 4.69) is 101 Å². The first kappa shape index (κ1) is 94.5. The predicted molar refractivity (Wildman–Crippen MR) is 400 cm³/mol. The summed E-state index contributed by atoms with van der Waals surface area (Å²) in [6, 6.07) is 0. The second-order valence-electron chi connectivity index (χ2n) is 26.3. The number of aliphatic hydroxyl groups excluding tert-OH is 1. The second-order valence-corrected chi connectivity index (χ2v) is 29.2. The molecule has 0 saturated heterocycles. The lowest BCUT2D eigenvalue weighted by molar-refractivity contribution is -0.161. The van der Waals surface area contributed by atoms with Crippen molar-refractivity contribution in [2.75, 3.05) is 39.6 Å². The summed E-state index contributed by atoms with van der Waals surface area (Å²) in [6.45, 7) is 4.72. The summed E-state index contributed by atoms with van der Waals surface area (Å²) >= 11 is 0. The smallest absolute Gasteiger partial charge is 0.462 e. The Balaban J connectivity index is 5.29. The van der Waals surface area contributed by atoms with Crippen molar-refractivity contribution in [3.05, 3.63) is 72.9 Å². The fraction of sp³-hybridized carbons (Fsp3) is 0.797. The van der Waals surface area contributed by atoms with Crippen LogP contribution in [0.25, 0.3) is 0 Å². The Labute approximate surface area is 596 Å². The van der Waals surface area contributed by atoms with Crippen LogP contribution in [0.2, 0.25) is 0 Å². The third kappa shape index (κ3) is 70.9. The van der Waals surface area contributed by atoms with Gasteiger partial charge in [0, 0.05) is 25.7 Å². The molecule has 0 amide bonds. The van der Waals surface area contributed by atoms with Crippen molar-refractivity contribution in [3.63, 3.8) is 0 Å². The van der Waals surface area contributed by atoms with Gasteiger partial charge in [-0.2, -0.15) is 0 Å². The molecule has 0 heterocycles. The summed E-state index contributed by atoms with van der Waals surface area (Å²) in [7, 11) is -9.94. The van der Waals surface area contributed by atoms with E-state index in [1.165, 1.54) is 109 Å². The molecule has 3 N–H and O–H groups in total. The minimum atomic E-state index is -4.97. The van der Waals surface area contributed by atoms with E-state index in [0.29, 0.717) is 25.7 Å². The molecule has 0 aliphatic carbocycles. The quantitative estimate of drug-likeness (QED) is 0.0169. The molecule has 17 nitrogen and oxygen atoms in total. The minimum Gasteiger partial charge on any atom is -0.462 e. The van der Waals surface area contributed by atoms with Gasteiger partial charge in [0.2, 0.25) is 0 Å². The molecule has 0 radical (unpaired) electrons. The average molecular weight is 1430 g/mol. The van der Waals surface area contributed by atoms with E-state index < -0.39 is 97.5 Å². The Morgan fingerprint density at radius 1 is 0.296 bits per heavy atom. The normalized spacial score (nSPS) is 14.3. The van der Waals surface area contributed by atoms with Crippen LogP contribution in [0, 0.1) is 0 Å². The van der Waals surface area contributed by atoms with Crippen LogP contribution in [0.1, 0.15) is 349 Å². The van der Waals surface area contributed by atoms with E-state index in [4.69, 9.17) is 37.0 Å². The number of phosphoric ester groups is 2. The highest BCUT2D eigenvalue weighted by molar-refractivity contribution is 7.47. The number of carbonyl (C=O) groups is 4. The molecule has 0 bridgehead atoms. The fourth-order valence-corrected chi connectivity index (χ4v) is 12.2. The maximum Gasteiger partial charge on any atom is 0.472 e. The molecule has 0 spiro atoms. The van der Waals surface area contributed by atoms with E-state index in [1.807, 2.05) is 0 Å². The van der Waals surface area contributed by atoms with Crippen molar-refractivity contribution in [2.45, 2.75) is 367 Å². The number of allylic oxidation sites excluding steroid dienone is 12. The number of rotatable bonds is 74. The monoisotopic (exact) mass is 1420 g/mol. The van der Waals surface area contributed by atoms with Gasteiger partial charge in [-0.25, -0.2) is 9.13 Å². The van der Waals surface area contributed by atoms with Gasteiger partial charge in [-0.05, 0) is 109 Å². The number of hydrogen-bond donors (Lipinski definition) is 3. The SMILES string of the molecule is CC/C=C\C/C=C\C/C=C\C/C=C\CCCCCCCCC(=O)OCC(COP(=O)(O)OCC(O)COP(=O)(O)OCC(COC(=O)CCCCCCCCCCCCCCCCC)OC(=O)CCCCCCC/C=C\CCCC)OC(=O)CCCCCCC/C=C\CCCCCC. The highest BCUT2D eigenvalue weighted by Gasteiger charge is 2.30. The standard InChI is InChI=1S/C79H142O17P2/c1-5-9-13-17-21-25-29-32-34-35-36-37-39-42-45-48-52-56-60-64-77(82)90-70-75(96-79(84)66-62-58-54-50-46-40-31-27-23-19-15-11-7-3)72-94-98(87,88)92-68-73(80)67-91-97(85,86)93-71-74(95-78(83)65-61-57-53-49-43-28-24-20-16-12-8-4)69-89-76(81)63-59-55-51-47-44-41-38-33-30-26-22-18-14-10-6-2/h9,13,20-21,24-25,27,31-32,34,36-37,73-75,80H,5-8,10-12,14-19,22-23,26,28-30,33,35,38-72H2,1-4H3,(H,85,86)(H,87,88)/b13-9-,24-20-,25-21-,31-27-,34-32-,37-36-. The molecule has 570 valence electrons. The molecule has 98 heavy (non-hydrogen) atoms. The predicted octanol–water partition coefficient (Wildman–Crippen LogP) is 22.4. The molecule has 0 rings (SSSR count). The van der Waals surface area contributed by atoms with Crippen molar-refractivity contribution in [1.82, 2.24) is 0 Å². The number of ether oxygens (including phenoxy) is 4. The zero-order valence-electron chi connectivity index (χ0n) is 62.2. The van der Waals surface area contributed by atoms with E-state index in [9.17, 15) is 43.2 Å². The summed E-state index contributed by atoms with van der Waals surface area (Å²) in [6.07, 6.45) is 71.7. The lowest BCUT2D eigenvalue weighted by Gasteiger charge is -2.21. The third-order valence-corrected chi connectivity index (χ3v) is 18.6. The molecule has 5 unspecified atom stereocenters. The molecule has 19 heteroatoms. The van der Waals surface area contributed by atoms with Crippen LogP contribution in [-0.4, -0.2) is 96.7 Å². The highest BCUT2D eigenvalue weighted by atomic mass is 31.2. The zero-order valence-corrected chi connectivity index (χ0v) is 64.0. The van der Waals surface area contributed by atoms with Gasteiger partial charge >= 0.3 is 39.5 Å². The van der Waals surface area contributed by atoms with Crippen LogP contribution in [0.3, 0.4) is 0 Å². The summed E-state index contributed by atoms with van der Waals surface area (Å²) in [5.74, 6) is -2.18. The van der Waals surface area contributed by atoms with Crippen molar-refractivity contribution in [1.29, 1.82) is 0 Å². The molecule has 0 aliphatic rings. The Morgan fingerprint density at radius 2 is 0.541 bits per heavy atom. The lowest BCUT2D eigenvalue weighted by atomic mass is 10.0. The molecule has 5 atom stereocenters. The average Bonchev–Trinajstić information content (AvgIpc) is 0.972. The van der Waals surface area contributed by atoms with Gasteiger partial charge in [0.25, 0.3) is 0 Å². The van der Waals surface area contributed by atoms with Crippen LogP contribution in [0.5, 0.6) is 0 Å². The number of phosphoric acid groups is 2. The third-order valence-electron chi connectivity index (χ3n) is 16.7. The van der Waals surface area contributed by atoms with Gasteiger partial charge in [-0.3, -0.25) is 37.3 Å².